The summed E-state index contributed by atoms with van der Waals surface area (Å²) < 4.78 is 166. The molecule has 0 N–H and O–H groups in total. The van der Waals surface area contributed by atoms with Crippen LogP contribution in [0.3, 0.4) is 0 Å². The third-order valence-corrected chi connectivity index (χ3v) is 3.07. The predicted molar refractivity (Wildman–Crippen MR) is 52.6 cm³/mol. The van der Waals surface area contributed by atoms with Crippen molar-refractivity contribution in [3.05, 3.63) is 23.8 Å². The van der Waals surface area contributed by atoms with Gasteiger partial charge in [0.05, 0.1) is 0 Å². The minimum Gasteiger partial charge on any atom is -0.194 e. The lowest BCUT2D eigenvalue weighted by molar-refractivity contribution is -0.436. The number of hydrogen-bond acceptors (Lipinski definition) is 0. The van der Waals surface area contributed by atoms with E-state index < -0.39 is 47.8 Å². The van der Waals surface area contributed by atoms with E-state index in [0.717, 1.165) is 6.08 Å². The number of alkyl halides is 13. The minimum absolute atomic E-state index is 0.129. The maximum atomic E-state index is 13.4. The van der Waals surface area contributed by atoms with Crippen LogP contribution < -0.4 is 0 Å². The van der Waals surface area contributed by atoms with E-state index in [1.54, 1.807) is 0 Å². The Bertz CT molecular complexity index is 549. The monoisotopic (exact) mass is 384 g/mol. The van der Waals surface area contributed by atoms with E-state index in [0.29, 0.717) is 0 Å². The van der Waals surface area contributed by atoms with Gasteiger partial charge in [-0.3, -0.25) is 0 Å². The molecule has 1 aliphatic carbocycles. The Labute approximate surface area is 124 Å². The SMILES string of the molecule is FC(F)(F)C(F)(F)C(F)(F)C(F)(F)C(F)(F)C(F)(F)C1=CCC=C1. The summed E-state index contributed by atoms with van der Waals surface area (Å²) in [5.41, 5.74) is -1.92. The van der Waals surface area contributed by atoms with Crippen molar-refractivity contribution < 1.29 is 57.1 Å². The van der Waals surface area contributed by atoms with Crippen LogP contribution in [0.15, 0.2) is 23.8 Å². The van der Waals surface area contributed by atoms with Crippen molar-refractivity contribution in [3.8, 4) is 0 Å². The smallest absolute Gasteiger partial charge is 0.194 e. The van der Waals surface area contributed by atoms with Crippen LogP contribution in [0.1, 0.15) is 6.42 Å². The summed E-state index contributed by atoms with van der Waals surface area (Å²) in [4.78, 5) is 0. The first-order valence-corrected chi connectivity index (χ1v) is 5.68. The van der Waals surface area contributed by atoms with E-state index in [4.69, 9.17) is 0 Å². The van der Waals surface area contributed by atoms with Crippen LogP contribution in [0, 0.1) is 0 Å². The molecule has 1 aliphatic rings. The van der Waals surface area contributed by atoms with Crippen LogP contribution in [0.5, 0.6) is 0 Å². The first-order chi connectivity index (χ1) is 10.4. The zero-order valence-corrected chi connectivity index (χ0v) is 10.9. The van der Waals surface area contributed by atoms with Crippen molar-refractivity contribution in [2.24, 2.45) is 0 Å². The summed E-state index contributed by atoms with van der Waals surface area (Å²) in [6, 6.07) is 0. The molecule has 0 aromatic carbocycles. The van der Waals surface area contributed by atoms with Gasteiger partial charge in [0.2, 0.25) is 0 Å². The Morgan fingerprint density at radius 3 is 1.33 bits per heavy atom. The fourth-order valence-corrected chi connectivity index (χ4v) is 1.64. The Morgan fingerprint density at radius 2 is 1.00 bits per heavy atom. The van der Waals surface area contributed by atoms with Gasteiger partial charge in [-0.05, 0) is 6.42 Å². The molecule has 0 aromatic rings. The van der Waals surface area contributed by atoms with Crippen LogP contribution in [-0.4, -0.2) is 35.8 Å². The second-order valence-electron chi connectivity index (χ2n) is 4.67. The van der Waals surface area contributed by atoms with E-state index in [-0.39, 0.29) is 12.2 Å². The van der Waals surface area contributed by atoms with Gasteiger partial charge in [-0.15, -0.1) is 0 Å². The summed E-state index contributed by atoms with van der Waals surface area (Å²) in [7, 11) is 0. The topological polar surface area (TPSA) is 0 Å². The molecule has 140 valence electrons. The number of hydrogen-bond donors (Lipinski definition) is 0. The first kappa shape index (κ1) is 20.6. The van der Waals surface area contributed by atoms with Crippen molar-refractivity contribution in [2.45, 2.75) is 42.2 Å². The van der Waals surface area contributed by atoms with Gasteiger partial charge in [0.1, 0.15) is 0 Å². The highest BCUT2D eigenvalue weighted by Crippen LogP contribution is 2.61. The molecule has 0 spiro atoms. The van der Waals surface area contributed by atoms with Crippen LogP contribution in [0.25, 0.3) is 0 Å². The maximum absolute atomic E-state index is 13.4. The van der Waals surface area contributed by atoms with E-state index >= 15 is 0 Å². The van der Waals surface area contributed by atoms with Gasteiger partial charge >= 0.3 is 35.8 Å². The van der Waals surface area contributed by atoms with E-state index in [1.807, 2.05) is 0 Å². The van der Waals surface area contributed by atoms with Gasteiger partial charge in [-0.25, -0.2) is 0 Å². The van der Waals surface area contributed by atoms with Gasteiger partial charge in [0.25, 0.3) is 0 Å². The second-order valence-corrected chi connectivity index (χ2v) is 4.67. The molecule has 0 heterocycles. The fraction of sp³-hybridized carbons (Fsp3) is 0.636. The Morgan fingerprint density at radius 1 is 0.583 bits per heavy atom. The molecule has 0 aromatic heterocycles. The lowest BCUT2D eigenvalue weighted by atomic mass is 9.91. The normalized spacial score (nSPS) is 18.1. The number of halogens is 13. The quantitative estimate of drug-likeness (QED) is 0.541. The predicted octanol–water partition coefficient (Wildman–Crippen LogP) is 5.61. The molecule has 0 saturated heterocycles. The van der Waals surface area contributed by atoms with Crippen molar-refractivity contribution in [1.29, 1.82) is 0 Å². The molecule has 0 fully saturated rings. The molecule has 0 nitrogen and oxygen atoms in total. The molecule has 0 unspecified atom stereocenters. The van der Waals surface area contributed by atoms with Gasteiger partial charge in [0.15, 0.2) is 0 Å². The molecule has 0 saturated carbocycles. The summed E-state index contributed by atoms with van der Waals surface area (Å²) in [5, 5.41) is 0. The summed E-state index contributed by atoms with van der Waals surface area (Å²) >= 11 is 0. The third kappa shape index (κ3) is 2.46. The molecule has 0 bridgehead atoms. The molecule has 0 radical (unpaired) electrons. The Balaban J connectivity index is 3.48. The highest BCUT2D eigenvalue weighted by atomic mass is 19.4. The van der Waals surface area contributed by atoms with E-state index in [1.165, 1.54) is 0 Å². The average molecular weight is 384 g/mol. The van der Waals surface area contributed by atoms with Crippen molar-refractivity contribution in [2.75, 3.05) is 0 Å². The number of rotatable bonds is 5. The fourth-order valence-electron chi connectivity index (χ4n) is 1.64. The van der Waals surface area contributed by atoms with Crippen LogP contribution >= 0.6 is 0 Å². The molecule has 0 atom stereocenters. The lowest BCUT2D eigenvalue weighted by Crippen LogP contribution is -2.70. The zero-order chi connectivity index (χ0) is 19.4. The second kappa shape index (κ2) is 5.28. The molecule has 0 aliphatic heterocycles. The van der Waals surface area contributed by atoms with E-state index in [9.17, 15) is 57.1 Å². The highest BCUT2D eigenvalue weighted by Gasteiger charge is 2.90. The summed E-state index contributed by atoms with van der Waals surface area (Å²) in [5.74, 6) is -36.7. The zero-order valence-electron chi connectivity index (χ0n) is 10.9. The third-order valence-electron chi connectivity index (χ3n) is 3.07. The molecule has 13 heteroatoms. The van der Waals surface area contributed by atoms with Crippen LogP contribution in [-0.2, 0) is 0 Å². The maximum Gasteiger partial charge on any atom is 0.460 e. The molecule has 24 heavy (non-hydrogen) atoms. The molecular formula is C11H5F13. The highest BCUT2D eigenvalue weighted by molar-refractivity contribution is 5.36. The summed E-state index contributed by atoms with van der Waals surface area (Å²) in [6.07, 6.45) is -6.83. The van der Waals surface area contributed by atoms with E-state index in [2.05, 4.69) is 0 Å². The Kier molecular flexibility index (Phi) is 4.54. The molecule has 1 rings (SSSR count). The summed E-state index contributed by atoms with van der Waals surface area (Å²) in [6.45, 7) is 0. The van der Waals surface area contributed by atoms with Gasteiger partial charge in [-0.2, -0.15) is 57.1 Å². The molecule has 0 amide bonds. The lowest BCUT2D eigenvalue weighted by Gasteiger charge is -2.39. The van der Waals surface area contributed by atoms with Crippen LogP contribution in [0.4, 0.5) is 57.1 Å². The van der Waals surface area contributed by atoms with Gasteiger partial charge in [-0.1, -0.05) is 18.2 Å². The van der Waals surface area contributed by atoms with Gasteiger partial charge < -0.3 is 0 Å². The van der Waals surface area contributed by atoms with Crippen molar-refractivity contribution in [3.63, 3.8) is 0 Å². The van der Waals surface area contributed by atoms with Crippen molar-refractivity contribution in [1.82, 2.24) is 0 Å². The largest absolute Gasteiger partial charge is 0.460 e. The average Bonchev–Trinajstić information content (AvgIpc) is 2.90. The minimum atomic E-state index is -7.85. The van der Waals surface area contributed by atoms with Crippen LogP contribution in [0.2, 0.25) is 0 Å². The van der Waals surface area contributed by atoms with Crippen molar-refractivity contribution >= 4 is 0 Å². The molecular weight excluding hydrogens is 379 g/mol. The van der Waals surface area contributed by atoms with Gasteiger partial charge in [0, 0.05) is 5.57 Å². The number of allylic oxidation sites excluding steroid dienone is 4. The standard InChI is InChI=1S/C11H5F13/c12-6(13,5-3-1-2-4-5)7(14,15)8(16,17)9(18,19)10(20,21)11(22,23)24/h1,3-4H,2H2. The Hall–Kier alpha value is -1.43. The first-order valence-electron chi connectivity index (χ1n) is 5.68.